The highest BCUT2D eigenvalue weighted by atomic mass is 16.1. The van der Waals surface area contributed by atoms with Crippen molar-refractivity contribution in [1.82, 2.24) is 0 Å². The third-order valence-corrected chi connectivity index (χ3v) is 5.01. The van der Waals surface area contributed by atoms with Crippen LogP contribution in [-0.2, 0) is 11.2 Å². The topological polar surface area (TPSA) is 20.3 Å². The van der Waals surface area contributed by atoms with Gasteiger partial charge in [-0.3, -0.25) is 4.79 Å². The number of hydrogen-bond acceptors (Lipinski definition) is 2. The minimum absolute atomic E-state index is 0.256. The molecule has 1 heterocycles. The van der Waals surface area contributed by atoms with Crippen LogP contribution >= 0.6 is 0 Å². The zero-order chi connectivity index (χ0) is 13.9. The predicted octanol–water partition coefficient (Wildman–Crippen LogP) is 3.98. The normalized spacial score (nSPS) is 27.1. The lowest BCUT2D eigenvalue weighted by molar-refractivity contribution is -0.122. The van der Waals surface area contributed by atoms with Crippen LogP contribution in [0.5, 0.6) is 0 Å². The van der Waals surface area contributed by atoms with Gasteiger partial charge >= 0.3 is 0 Å². The van der Waals surface area contributed by atoms with Gasteiger partial charge < -0.3 is 4.90 Å². The van der Waals surface area contributed by atoms with Gasteiger partial charge in [0.05, 0.1) is 0 Å². The Hall–Kier alpha value is -1.31. The van der Waals surface area contributed by atoms with Crippen LogP contribution in [0.15, 0.2) is 24.3 Å². The van der Waals surface area contributed by atoms with Gasteiger partial charge in [0.1, 0.15) is 5.78 Å². The van der Waals surface area contributed by atoms with Crippen molar-refractivity contribution in [1.29, 1.82) is 0 Å². The quantitative estimate of drug-likeness (QED) is 0.758. The van der Waals surface area contributed by atoms with Crippen molar-refractivity contribution in [2.75, 3.05) is 11.4 Å². The zero-order valence-corrected chi connectivity index (χ0v) is 12.5. The van der Waals surface area contributed by atoms with Crippen LogP contribution in [0.2, 0.25) is 0 Å². The van der Waals surface area contributed by atoms with Gasteiger partial charge in [0.25, 0.3) is 0 Å². The Morgan fingerprint density at radius 1 is 1.10 bits per heavy atom. The molecule has 3 rings (SSSR count). The average Bonchev–Trinajstić information content (AvgIpc) is 2.67. The Bertz CT molecular complexity index is 482. The minimum atomic E-state index is 0.256. The molecule has 0 radical (unpaired) electrons. The van der Waals surface area contributed by atoms with Gasteiger partial charge in [-0.1, -0.05) is 31.0 Å². The van der Waals surface area contributed by atoms with Crippen LogP contribution in [0.3, 0.4) is 0 Å². The van der Waals surface area contributed by atoms with Gasteiger partial charge in [-0.15, -0.1) is 0 Å². The summed E-state index contributed by atoms with van der Waals surface area (Å²) < 4.78 is 0. The number of benzene rings is 1. The smallest absolute Gasteiger partial charge is 0.137 e. The second-order valence-corrected chi connectivity index (χ2v) is 6.43. The van der Waals surface area contributed by atoms with Crippen LogP contribution in [0.4, 0.5) is 5.69 Å². The van der Waals surface area contributed by atoms with Crippen LogP contribution in [0, 0.1) is 5.92 Å². The molecule has 2 aliphatic rings. The van der Waals surface area contributed by atoms with E-state index in [4.69, 9.17) is 0 Å². The number of fused-ring (bicyclic) bond motifs is 1. The molecule has 2 nitrogen and oxygen atoms in total. The molecule has 2 heteroatoms. The first kappa shape index (κ1) is 13.7. The van der Waals surface area contributed by atoms with E-state index in [-0.39, 0.29) is 5.92 Å². The number of ketones is 1. The Morgan fingerprint density at radius 3 is 2.85 bits per heavy atom. The van der Waals surface area contributed by atoms with E-state index in [1.165, 1.54) is 36.9 Å². The molecule has 1 aliphatic heterocycles. The first-order valence-corrected chi connectivity index (χ1v) is 8.13. The summed E-state index contributed by atoms with van der Waals surface area (Å²) in [6.45, 7) is 3.23. The monoisotopic (exact) mass is 271 g/mol. The molecule has 1 aromatic rings. The SMILES string of the molecule is CC1CCc2ccccc2N1CC1CCCCCC1=O. The van der Waals surface area contributed by atoms with E-state index >= 15 is 0 Å². The lowest BCUT2D eigenvalue weighted by atomic mass is 9.92. The molecule has 2 unspecified atom stereocenters. The van der Waals surface area contributed by atoms with E-state index in [0.29, 0.717) is 11.8 Å². The second kappa shape index (κ2) is 5.99. The van der Waals surface area contributed by atoms with Gasteiger partial charge in [-0.2, -0.15) is 0 Å². The molecule has 0 aromatic heterocycles. The zero-order valence-electron chi connectivity index (χ0n) is 12.5. The summed E-state index contributed by atoms with van der Waals surface area (Å²) in [5.41, 5.74) is 2.81. The number of nitrogens with zero attached hydrogens (tertiary/aromatic N) is 1. The maximum atomic E-state index is 12.3. The fourth-order valence-electron chi connectivity index (χ4n) is 3.70. The van der Waals surface area contributed by atoms with Crippen molar-refractivity contribution in [2.24, 2.45) is 5.92 Å². The molecule has 1 saturated carbocycles. The van der Waals surface area contributed by atoms with E-state index in [0.717, 1.165) is 25.8 Å². The first-order chi connectivity index (χ1) is 9.75. The number of carbonyl (C=O) groups is 1. The molecule has 1 aromatic carbocycles. The van der Waals surface area contributed by atoms with Gasteiger partial charge in [0.15, 0.2) is 0 Å². The summed E-state index contributed by atoms with van der Waals surface area (Å²) in [7, 11) is 0. The maximum absolute atomic E-state index is 12.3. The van der Waals surface area contributed by atoms with Crippen molar-refractivity contribution >= 4 is 11.5 Å². The average molecular weight is 271 g/mol. The van der Waals surface area contributed by atoms with Gasteiger partial charge in [0.2, 0.25) is 0 Å². The van der Waals surface area contributed by atoms with Crippen LogP contribution in [-0.4, -0.2) is 18.4 Å². The number of rotatable bonds is 2. The van der Waals surface area contributed by atoms with E-state index in [1.807, 2.05) is 0 Å². The molecule has 0 N–H and O–H groups in total. The van der Waals surface area contributed by atoms with Gasteiger partial charge in [-0.05, 0) is 44.2 Å². The fraction of sp³-hybridized carbons (Fsp3) is 0.611. The molecular formula is C18H25NO. The largest absolute Gasteiger partial charge is 0.368 e. The molecule has 1 aliphatic carbocycles. The predicted molar refractivity (Wildman–Crippen MR) is 83.2 cm³/mol. The van der Waals surface area contributed by atoms with Crippen LogP contribution in [0.1, 0.15) is 51.0 Å². The fourth-order valence-corrected chi connectivity index (χ4v) is 3.70. The highest BCUT2D eigenvalue weighted by Gasteiger charge is 2.28. The van der Waals surface area contributed by atoms with E-state index in [1.54, 1.807) is 0 Å². The highest BCUT2D eigenvalue weighted by molar-refractivity contribution is 5.82. The molecule has 0 amide bonds. The van der Waals surface area contributed by atoms with Crippen LogP contribution < -0.4 is 4.90 Å². The van der Waals surface area contributed by atoms with Crippen molar-refractivity contribution in [2.45, 2.75) is 57.9 Å². The Morgan fingerprint density at radius 2 is 1.95 bits per heavy atom. The Kier molecular flexibility index (Phi) is 4.09. The third kappa shape index (κ3) is 2.74. The number of hydrogen-bond donors (Lipinski definition) is 0. The first-order valence-electron chi connectivity index (χ1n) is 8.13. The van der Waals surface area contributed by atoms with Crippen LogP contribution in [0.25, 0.3) is 0 Å². The number of anilines is 1. The number of carbonyl (C=O) groups excluding carboxylic acids is 1. The maximum Gasteiger partial charge on any atom is 0.137 e. The van der Waals surface area contributed by atoms with Crippen molar-refractivity contribution in [3.63, 3.8) is 0 Å². The number of Topliss-reactive ketones (excluding diaryl/α,β-unsaturated/α-hetero) is 1. The standard InChI is InChI=1S/C18H25NO/c1-14-11-12-15-7-5-6-9-17(15)19(14)13-16-8-3-2-4-10-18(16)20/h5-7,9,14,16H,2-4,8,10-13H2,1H3. The number of para-hydroxylation sites is 1. The molecule has 2 atom stereocenters. The molecular weight excluding hydrogens is 246 g/mol. The Balaban J connectivity index is 1.80. The number of aryl methyl sites for hydroxylation is 1. The van der Waals surface area contributed by atoms with E-state index in [2.05, 4.69) is 36.1 Å². The van der Waals surface area contributed by atoms with E-state index in [9.17, 15) is 4.79 Å². The van der Waals surface area contributed by atoms with Gasteiger partial charge in [0, 0.05) is 30.6 Å². The van der Waals surface area contributed by atoms with E-state index < -0.39 is 0 Å². The molecule has 0 spiro atoms. The van der Waals surface area contributed by atoms with Crippen molar-refractivity contribution in [3.8, 4) is 0 Å². The lowest BCUT2D eigenvalue weighted by Crippen LogP contribution is -2.42. The van der Waals surface area contributed by atoms with Crippen molar-refractivity contribution in [3.05, 3.63) is 29.8 Å². The third-order valence-electron chi connectivity index (χ3n) is 5.01. The molecule has 0 bridgehead atoms. The summed E-state index contributed by atoms with van der Waals surface area (Å²) in [6.07, 6.45) is 7.82. The summed E-state index contributed by atoms with van der Waals surface area (Å²) in [4.78, 5) is 14.8. The summed E-state index contributed by atoms with van der Waals surface area (Å²) >= 11 is 0. The summed E-state index contributed by atoms with van der Waals surface area (Å²) in [5.74, 6) is 0.754. The molecule has 108 valence electrons. The molecule has 20 heavy (non-hydrogen) atoms. The summed E-state index contributed by atoms with van der Waals surface area (Å²) in [6, 6.07) is 9.28. The highest BCUT2D eigenvalue weighted by Crippen LogP contribution is 2.32. The van der Waals surface area contributed by atoms with Crippen molar-refractivity contribution < 1.29 is 4.79 Å². The lowest BCUT2D eigenvalue weighted by Gasteiger charge is -2.39. The molecule has 0 saturated heterocycles. The minimum Gasteiger partial charge on any atom is -0.368 e. The second-order valence-electron chi connectivity index (χ2n) is 6.43. The van der Waals surface area contributed by atoms with Gasteiger partial charge in [-0.25, -0.2) is 0 Å². The summed E-state index contributed by atoms with van der Waals surface area (Å²) in [5, 5.41) is 0. The molecule has 1 fully saturated rings. The Labute approximate surface area is 122 Å².